The Morgan fingerprint density at radius 1 is 1.37 bits per heavy atom. The number of aromatic nitrogens is 1. The zero-order valence-corrected chi connectivity index (χ0v) is 12.8. The Hall–Kier alpha value is -1.23. The predicted octanol–water partition coefficient (Wildman–Crippen LogP) is 2.31. The van der Waals surface area contributed by atoms with Gasteiger partial charge in [-0.15, -0.1) is 0 Å². The summed E-state index contributed by atoms with van der Waals surface area (Å²) in [6.45, 7) is 10.4. The molecule has 104 valence electrons. The van der Waals surface area contributed by atoms with E-state index in [1.807, 2.05) is 25.6 Å². The first-order chi connectivity index (χ1) is 8.88. The molecule has 1 aromatic heterocycles. The number of aryl methyl sites for hydroxylation is 2. The molecule has 2 heterocycles. The third kappa shape index (κ3) is 3.03. The molecule has 1 saturated heterocycles. The number of nitrogens with two attached hydrogens (primary N) is 1. The van der Waals surface area contributed by atoms with Crippen molar-refractivity contribution in [3.8, 4) is 0 Å². The van der Waals surface area contributed by atoms with Crippen LogP contribution in [0.15, 0.2) is 6.07 Å². The highest BCUT2D eigenvalue weighted by atomic mass is 32.2. The van der Waals surface area contributed by atoms with Crippen LogP contribution >= 0.6 is 11.8 Å². The van der Waals surface area contributed by atoms with Gasteiger partial charge in [-0.05, 0) is 19.9 Å². The average molecular weight is 278 g/mol. The first-order valence-corrected chi connectivity index (χ1v) is 7.55. The fraction of sp³-hybridized carbons (Fsp3) is 0.571. The Balaban J connectivity index is 2.45. The highest BCUT2D eigenvalue weighted by Crippen LogP contribution is 2.31. The minimum absolute atomic E-state index is 0.110. The van der Waals surface area contributed by atoms with E-state index >= 15 is 0 Å². The lowest BCUT2D eigenvalue weighted by Gasteiger charge is -2.37. The number of amidine groups is 1. The van der Waals surface area contributed by atoms with Crippen LogP contribution < -0.4 is 10.6 Å². The summed E-state index contributed by atoms with van der Waals surface area (Å²) in [6.07, 6.45) is 0. The van der Waals surface area contributed by atoms with Gasteiger partial charge in [0.05, 0.1) is 16.9 Å². The molecule has 1 aromatic rings. The van der Waals surface area contributed by atoms with Crippen molar-refractivity contribution in [2.75, 3.05) is 18.0 Å². The van der Waals surface area contributed by atoms with Crippen LogP contribution in [-0.4, -0.2) is 34.4 Å². The third-order valence-electron chi connectivity index (χ3n) is 3.34. The largest absolute Gasteiger partial charge is 0.384 e. The van der Waals surface area contributed by atoms with Crippen LogP contribution in [-0.2, 0) is 0 Å². The topological polar surface area (TPSA) is 66.0 Å². The summed E-state index contributed by atoms with van der Waals surface area (Å²) in [4.78, 5) is 6.79. The number of nitrogens with zero attached hydrogens (tertiary/aromatic N) is 2. The van der Waals surface area contributed by atoms with Crippen molar-refractivity contribution in [1.82, 2.24) is 4.98 Å². The Kier molecular flexibility index (Phi) is 4.04. The molecule has 0 bridgehead atoms. The maximum atomic E-state index is 7.81. The molecule has 0 aliphatic carbocycles. The summed E-state index contributed by atoms with van der Waals surface area (Å²) in [6, 6.07) is 2.05. The van der Waals surface area contributed by atoms with Gasteiger partial charge in [0.2, 0.25) is 0 Å². The van der Waals surface area contributed by atoms with Crippen LogP contribution in [0.5, 0.6) is 0 Å². The van der Waals surface area contributed by atoms with Crippen LogP contribution in [0.3, 0.4) is 0 Å². The van der Waals surface area contributed by atoms with Gasteiger partial charge in [-0.1, -0.05) is 13.8 Å². The highest BCUT2D eigenvalue weighted by molar-refractivity contribution is 8.00. The zero-order chi connectivity index (χ0) is 14.2. The lowest BCUT2D eigenvalue weighted by atomic mass is 10.1. The van der Waals surface area contributed by atoms with Crippen LogP contribution in [0.2, 0.25) is 0 Å². The molecule has 4 nitrogen and oxygen atoms in total. The van der Waals surface area contributed by atoms with Crippen molar-refractivity contribution in [3.63, 3.8) is 0 Å². The molecular formula is C14H22N4S. The van der Waals surface area contributed by atoms with Crippen LogP contribution in [0.1, 0.15) is 30.8 Å². The van der Waals surface area contributed by atoms with Crippen LogP contribution in [0.4, 0.5) is 5.69 Å². The van der Waals surface area contributed by atoms with Gasteiger partial charge in [-0.2, -0.15) is 11.8 Å². The summed E-state index contributed by atoms with van der Waals surface area (Å²) in [7, 11) is 0. The number of anilines is 1. The van der Waals surface area contributed by atoms with E-state index in [2.05, 4.69) is 29.8 Å². The van der Waals surface area contributed by atoms with Crippen molar-refractivity contribution in [2.24, 2.45) is 5.73 Å². The monoisotopic (exact) mass is 278 g/mol. The molecule has 0 spiro atoms. The molecule has 1 aliphatic heterocycles. The molecular weight excluding hydrogens is 256 g/mol. The third-order valence-corrected chi connectivity index (χ3v) is 4.56. The molecule has 2 rings (SSSR count). The average Bonchev–Trinajstić information content (AvgIpc) is 2.25. The van der Waals surface area contributed by atoms with Crippen LogP contribution in [0.25, 0.3) is 0 Å². The second-order valence-electron chi connectivity index (χ2n) is 5.32. The molecule has 2 atom stereocenters. The number of nitrogens with one attached hydrogen (secondary N) is 1. The molecule has 5 heteroatoms. The number of nitrogen functional groups attached to an aromatic ring is 1. The van der Waals surface area contributed by atoms with E-state index in [0.717, 1.165) is 35.7 Å². The molecule has 0 radical (unpaired) electrons. The molecule has 2 unspecified atom stereocenters. The van der Waals surface area contributed by atoms with E-state index in [9.17, 15) is 0 Å². The SMILES string of the molecule is Cc1cc(N2CC(C)SC(C)C2)c(C(=N)N)c(C)n1. The second-order valence-corrected chi connectivity index (χ2v) is 7.20. The zero-order valence-electron chi connectivity index (χ0n) is 12.0. The van der Waals surface area contributed by atoms with Gasteiger partial charge in [-0.3, -0.25) is 10.4 Å². The highest BCUT2D eigenvalue weighted by Gasteiger charge is 2.25. The first-order valence-electron chi connectivity index (χ1n) is 6.61. The van der Waals surface area contributed by atoms with E-state index in [-0.39, 0.29) is 5.84 Å². The Bertz CT molecular complexity index is 490. The quantitative estimate of drug-likeness (QED) is 0.643. The molecule has 1 aliphatic rings. The van der Waals surface area contributed by atoms with Crippen molar-refractivity contribution < 1.29 is 0 Å². The summed E-state index contributed by atoms with van der Waals surface area (Å²) in [5.74, 6) is 0.110. The standard InChI is InChI=1S/C14H22N4S/c1-8-5-12(13(14(15)16)11(4)17-8)18-6-9(2)19-10(3)7-18/h5,9-10H,6-7H2,1-4H3,(H3,15,16). The van der Waals surface area contributed by atoms with Crippen molar-refractivity contribution in [2.45, 2.75) is 38.2 Å². The van der Waals surface area contributed by atoms with Crippen molar-refractivity contribution >= 4 is 23.3 Å². The fourth-order valence-corrected chi connectivity index (χ4v) is 4.09. The van der Waals surface area contributed by atoms with Gasteiger partial charge >= 0.3 is 0 Å². The number of thioether (sulfide) groups is 1. The Morgan fingerprint density at radius 3 is 2.47 bits per heavy atom. The minimum Gasteiger partial charge on any atom is -0.384 e. The molecule has 0 aromatic carbocycles. The normalized spacial score (nSPS) is 23.5. The minimum atomic E-state index is 0.110. The summed E-state index contributed by atoms with van der Waals surface area (Å²) < 4.78 is 0. The predicted molar refractivity (Wildman–Crippen MR) is 83.5 cm³/mol. The van der Waals surface area contributed by atoms with E-state index in [4.69, 9.17) is 11.1 Å². The van der Waals surface area contributed by atoms with Gasteiger partial charge in [0.25, 0.3) is 0 Å². The summed E-state index contributed by atoms with van der Waals surface area (Å²) in [5, 5.41) is 9.00. The molecule has 19 heavy (non-hydrogen) atoms. The van der Waals surface area contributed by atoms with Gasteiger partial charge in [0, 0.05) is 29.3 Å². The lowest BCUT2D eigenvalue weighted by Crippen LogP contribution is -2.41. The molecule has 0 amide bonds. The molecule has 3 N–H and O–H groups in total. The maximum Gasteiger partial charge on any atom is 0.126 e. The van der Waals surface area contributed by atoms with Crippen molar-refractivity contribution in [3.05, 3.63) is 23.0 Å². The number of rotatable bonds is 2. The fourth-order valence-electron chi connectivity index (χ4n) is 2.76. The van der Waals surface area contributed by atoms with E-state index < -0.39 is 0 Å². The number of hydrogen-bond acceptors (Lipinski definition) is 4. The Labute approximate surface area is 119 Å². The van der Waals surface area contributed by atoms with Crippen LogP contribution in [0, 0.1) is 19.3 Å². The van der Waals surface area contributed by atoms with E-state index in [1.165, 1.54) is 0 Å². The first kappa shape index (κ1) is 14.2. The van der Waals surface area contributed by atoms with E-state index in [1.54, 1.807) is 0 Å². The number of hydrogen-bond donors (Lipinski definition) is 2. The molecule has 1 fully saturated rings. The summed E-state index contributed by atoms with van der Waals surface area (Å²) >= 11 is 2.02. The van der Waals surface area contributed by atoms with Gasteiger partial charge in [0.15, 0.2) is 0 Å². The lowest BCUT2D eigenvalue weighted by molar-refractivity contribution is 0.726. The van der Waals surface area contributed by atoms with Crippen molar-refractivity contribution in [1.29, 1.82) is 5.41 Å². The second kappa shape index (κ2) is 5.41. The van der Waals surface area contributed by atoms with Gasteiger partial charge < -0.3 is 10.6 Å². The number of pyridine rings is 1. The van der Waals surface area contributed by atoms with Gasteiger partial charge in [0.1, 0.15) is 5.84 Å². The summed E-state index contributed by atoms with van der Waals surface area (Å²) in [5.41, 5.74) is 9.44. The van der Waals surface area contributed by atoms with E-state index in [0.29, 0.717) is 10.5 Å². The maximum absolute atomic E-state index is 7.81. The smallest absolute Gasteiger partial charge is 0.126 e. The molecule has 0 saturated carbocycles. The van der Waals surface area contributed by atoms with Gasteiger partial charge in [-0.25, -0.2) is 0 Å². The Morgan fingerprint density at radius 2 is 1.95 bits per heavy atom.